The molecule has 0 aromatic heterocycles. The Labute approximate surface area is 179 Å². The first kappa shape index (κ1) is 24.3. The average molecular weight is 440 g/mol. The highest BCUT2D eigenvalue weighted by atomic mass is 19.1. The number of carbonyl (C=O) groups excluding carboxylic acids is 3. The lowest BCUT2D eigenvalue weighted by Gasteiger charge is -2.32. The highest BCUT2D eigenvalue weighted by Crippen LogP contribution is 2.24. The minimum atomic E-state index is -0.980. The zero-order valence-corrected chi connectivity index (χ0v) is 17.5. The molecule has 0 bridgehead atoms. The number of hydrogen-bond donors (Lipinski definition) is 1. The molecule has 170 valence electrons. The largest absolute Gasteiger partial charge is 0.485 e. The lowest BCUT2D eigenvalue weighted by atomic mass is 10.1. The van der Waals surface area contributed by atoms with E-state index in [-0.39, 0.29) is 62.3 Å². The maximum absolute atomic E-state index is 14.2. The van der Waals surface area contributed by atoms with Crippen LogP contribution in [-0.2, 0) is 14.3 Å². The summed E-state index contributed by atoms with van der Waals surface area (Å²) in [6.07, 6.45) is -0.472. The molecule has 1 aliphatic rings. The van der Waals surface area contributed by atoms with Gasteiger partial charge >= 0.3 is 12.0 Å². The number of rotatable bonds is 9. The smallest absolute Gasteiger partial charge is 0.333 e. The van der Waals surface area contributed by atoms with Crippen LogP contribution in [0, 0.1) is 11.6 Å². The van der Waals surface area contributed by atoms with Gasteiger partial charge in [-0.3, -0.25) is 4.79 Å². The SMILES string of the molecule is C=C(C)C(=O)OCCNC(=O)N1CCOC(COc2c(F)cc(C(=O)CC)cc2F)C1. The van der Waals surface area contributed by atoms with Crippen molar-refractivity contribution < 1.29 is 37.4 Å². The number of nitrogens with zero attached hydrogens (tertiary/aromatic N) is 1. The fraction of sp³-hybridized carbons (Fsp3) is 0.476. The summed E-state index contributed by atoms with van der Waals surface area (Å²) in [4.78, 5) is 36.6. The number of nitrogens with one attached hydrogen (secondary N) is 1. The fourth-order valence-corrected chi connectivity index (χ4v) is 2.78. The first-order valence-corrected chi connectivity index (χ1v) is 9.85. The van der Waals surface area contributed by atoms with E-state index >= 15 is 0 Å². The molecule has 1 unspecified atom stereocenters. The number of ether oxygens (including phenoxy) is 3. The molecule has 1 aliphatic heterocycles. The van der Waals surface area contributed by atoms with E-state index in [0.717, 1.165) is 12.1 Å². The van der Waals surface area contributed by atoms with E-state index in [1.165, 1.54) is 11.8 Å². The Bertz CT molecular complexity index is 822. The quantitative estimate of drug-likeness (QED) is 0.274. The number of carbonyl (C=O) groups is 3. The molecule has 0 radical (unpaired) electrons. The number of benzene rings is 1. The molecule has 31 heavy (non-hydrogen) atoms. The van der Waals surface area contributed by atoms with Gasteiger partial charge in [0.2, 0.25) is 0 Å². The molecule has 1 aromatic rings. The number of esters is 1. The van der Waals surface area contributed by atoms with Crippen molar-refractivity contribution in [3.63, 3.8) is 0 Å². The van der Waals surface area contributed by atoms with Gasteiger partial charge in [0.15, 0.2) is 23.2 Å². The van der Waals surface area contributed by atoms with Crippen LogP contribution in [0.1, 0.15) is 30.6 Å². The van der Waals surface area contributed by atoms with Crippen molar-refractivity contribution in [2.45, 2.75) is 26.4 Å². The molecule has 1 aromatic carbocycles. The zero-order chi connectivity index (χ0) is 23.0. The molecular weight excluding hydrogens is 414 g/mol. The number of urea groups is 1. The van der Waals surface area contributed by atoms with Gasteiger partial charge in [-0.1, -0.05) is 13.5 Å². The predicted molar refractivity (Wildman–Crippen MR) is 107 cm³/mol. The molecule has 8 nitrogen and oxygen atoms in total. The molecule has 1 fully saturated rings. The van der Waals surface area contributed by atoms with E-state index in [1.807, 2.05) is 0 Å². The Morgan fingerprint density at radius 2 is 1.97 bits per heavy atom. The zero-order valence-electron chi connectivity index (χ0n) is 17.5. The van der Waals surface area contributed by atoms with Gasteiger partial charge in [-0.2, -0.15) is 0 Å². The topological polar surface area (TPSA) is 94.2 Å². The van der Waals surface area contributed by atoms with Crippen molar-refractivity contribution in [2.75, 3.05) is 39.5 Å². The summed E-state index contributed by atoms with van der Waals surface area (Å²) >= 11 is 0. The standard InChI is InChI=1S/C21H26F2N2O6/c1-4-18(26)14-9-16(22)19(17(23)10-14)31-12-15-11-25(6-8-29-15)21(28)24-5-7-30-20(27)13(2)3/h9-10,15H,2,4-8,11-12H2,1,3H3,(H,24,28). The van der Waals surface area contributed by atoms with Crippen LogP contribution >= 0.6 is 0 Å². The van der Waals surface area contributed by atoms with Gasteiger partial charge in [-0.15, -0.1) is 0 Å². The second-order valence-corrected chi connectivity index (χ2v) is 6.94. The molecule has 1 heterocycles. The number of Topliss-reactive ketones (excluding diaryl/α,β-unsaturated/α-hetero) is 1. The van der Waals surface area contributed by atoms with E-state index in [1.54, 1.807) is 6.92 Å². The normalized spacial score (nSPS) is 15.9. The first-order chi connectivity index (χ1) is 14.7. The molecule has 0 spiro atoms. The summed E-state index contributed by atoms with van der Waals surface area (Å²) in [6, 6.07) is 1.48. The Hall–Kier alpha value is -3.01. The monoisotopic (exact) mass is 440 g/mol. The third-order valence-corrected chi connectivity index (χ3v) is 4.44. The van der Waals surface area contributed by atoms with Crippen LogP contribution in [0.3, 0.4) is 0 Å². The van der Waals surface area contributed by atoms with Crippen LogP contribution < -0.4 is 10.1 Å². The van der Waals surface area contributed by atoms with E-state index in [2.05, 4.69) is 11.9 Å². The maximum atomic E-state index is 14.2. The minimum Gasteiger partial charge on any atom is -0.485 e. The molecular formula is C21H26F2N2O6. The Morgan fingerprint density at radius 1 is 1.29 bits per heavy atom. The number of ketones is 1. The number of hydrogen-bond acceptors (Lipinski definition) is 6. The van der Waals surface area contributed by atoms with E-state index < -0.39 is 29.5 Å². The molecule has 1 atom stereocenters. The molecule has 1 saturated heterocycles. The van der Waals surface area contributed by atoms with Crippen LogP contribution in [0.4, 0.5) is 13.6 Å². The van der Waals surface area contributed by atoms with Gasteiger partial charge in [0, 0.05) is 24.1 Å². The van der Waals surface area contributed by atoms with E-state index in [4.69, 9.17) is 14.2 Å². The van der Waals surface area contributed by atoms with Gasteiger partial charge in [0.05, 0.1) is 19.7 Å². The predicted octanol–water partition coefficient (Wildman–Crippen LogP) is 2.47. The highest BCUT2D eigenvalue weighted by Gasteiger charge is 2.26. The van der Waals surface area contributed by atoms with Gasteiger partial charge in [0.25, 0.3) is 0 Å². The second-order valence-electron chi connectivity index (χ2n) is 6.94. The van der Waals surface area contributed by atoms with E-state index in [0.29, 0.717) is 6.54 Å². The number of halogens is 2. The molecule has 0 aliphatic carbocycles. The van der Waals surface area contributed by atoms with Crippen LogP contribution in [0.5, 0.6) is 5.75 Å². The van der Waals surface area contributed by atoms with Crippen LogP contribution in [0.25, 0.3) is 0 Å². The van der Waals surface area contributed by atoms with Crippen molar-refractivity contribution in [1.82, 2.24) is 10.2 Å². The summed E-state index contributed by atoms with van der Waals surface area (Å²) in [6.45, 7) is 7.21. The number of morpholine rings is 1. The van der Waals surface area contributed by atoms with Crippen molar-refractivity contribution in [3.05, 3.63) is 41.5 Å². The van der Waals surface area contributed by atoms with Crippen molar-refractivity contribution >= 4 is 17.8 Å². The first-order valence-electron chi connectivity index (χ1n) is 9.85. The Balaban J connectivity index is 1.84. The van der Waals surface area contributed by atoms with Crippen molar-refractivity contribution in [1.29, 1.82) is 0 Å². The Kier molecular flexibility index (Phi) is 8.92. The second kappa shape index (κ2) is 11.4. The van der Waals surface area contributed by atoms with Gasteiger partial charge in [-0.05, 0) is 19.1 Å². The summed E-state index contributed by atoms with van der Waals surface area (Å²) < 4.78 is 44.0. The van der Waals surface area contributed by atoms with Crippen molar-refractivity contribution in [3.8, 4) is 5.75 Å². The third-order valence-electron chi connectivity index (χ3n) is 4.44. The molecule has 2 amide bonds. The maximum Gasteiger partial charge on any atom is 0.333 e. The van der Waals surface area contributed by atoms with Gasteiger partial charge < -0.3 is 24.4 Å². The molecule has 0 saturated carbocycles. The van der Waals surface area contributed by atoms with Gasteiger partial charge in [0.1, 0.15) is 19.3 Å². The summed E-state index contributed by atoms with van der Waals surface area (Å²) in [7, 11) is 0. The van der Waals surface area contributed by atoms with Crippen LogP contribution in [-0.4, -0.2) is 68.2 Å². The summed E-state index contributed by atoms with van der Waals surface area (Å²) in [5, 5.41) is 2.61. The Morgan fingerprint density at radius 3 is 2.58 bits per heavy atom. The highest BCUT2D eigenvalue weighted by molar-refractivity contribution is 5.96. The summed E-state index contributed by atoms with van der Waals surface area (Å²) in [5.74, 6) is -3.48. The van der Waals surface area contributed by atoms with Crippen LogP contribution in [0.15, 0.2) is 24.3 Å². The lowest BCUT2D eigenvalue weighted by molar-refractivity contribution is -0.138. The van der Waals surface area contributed by atoms with Gasteiger partial charge in [-0.25, -0.2) is 18.4 Å². The van der Waals surface area contributed by atoms with E-state index in [9.17, 15) is 23.2 Å². The fourth-order valence-electron chi connectivity index (χ4n) is 2.78. The molecule has 10 heteroatoms. The third kappa shape index (κ3) is 7.02. The summed E-state index contributed by atoms with van der Waals surface area (Å²) in [5.41, 5.74) is 0.206. The lowest BCUT2D eigenvalue weighted by Crippen LogP contribution is -2.51. The minimum absolute atomic E-state index is 0.00337. The molecule has 1 N–H and O–H groups in total. The molecule has 2 rings (SSSR count). The van der Waals surface area contributed by atoms with Crippen molar-refractivity contribution in [2.24, 2.45) is 0 Å². The van der Waals surface area contributed by atoms with Crippen LogP contribution in [0.2, 0.25) is 0 Å². The number of amides is 2. The average Bonchev–Trinajstić information content (AvgIpc) is 2.75.